The first-order chi connectivity index (χ1) is 10.7. The molecule has 0 saturated heterocycles. The number of guanidine groups is 1. The molecule has 23 heavy (non-hydrogen) atoms. The second kappa shape index (κ2) is 13.6. The summed E-state index contributed by atoms with van der Waals surface area (Å²) in [5, 5.41) is 6.58. The van der Waals surface area contributed by atoms with Gasteiger partial charge in [-0.05, 0) is 31.4 Å². The van der Waals surface area contributed by atoms with E-state index in [-0.39, 0.29) is 30.1 Å². The molecule has 0 aliphatic heterocycles. The molecule has 0 fully saturated rings. The predicted molar refractivity (Wildman–Crippen MR) is 106 cm³/mol. The van der Waals surface area contributed by atoms with Gasteiger partial charge in [0.2, 0.25) is 0 Å². The fourth-order valence-corrected chi connectivity index (χ4v) is 1.92. The highest BCUT2D eigenvalue weighted by Gasteiger charge is 2.01. The Labute approximate surface area is 157 Å². The third kappa shape index (κ3) is 10.5. The molecule has 0 saturated carbocycles. The lowest BCUT2D eigenvalue weighted by Crippen LogP contribution is -2.37. The number of rotatable bonds is 9. The van der Waals surface area contributed by atoms with Crippen LogP contribution >= 0.6 is 24.0 Å². The largest absolute Gasteiger partial charge is 0.385 e. The van der Waals surface area contributed by atoms with Crippen molar-refractivity contribution in [3.8, 4) is 0 Å². The van der Waals surface area contributed by atoms with E-state index in [0.29, 0.717) is 6.61 Å². The third-order valence-corrected chi connectivity index (χ3v) is 3.08. The minimum atomic E-state index is 0. The van der Waals surface area contributed by atoms with E-state index in [0.717, 1.165) is 32.1 Å². The third-order valence-electron chi connectivity index (χ3n) is 3.08. The van der Waals surface area contributed by atoms with Crippen LogP contribution in [0.3, 0.4) is 0 Å². The number of benzene rings is 1. The molecule has 0 aliphatic carbocycles. The van der Waals surface area contributed by atoms with Crippen molar-refractivity contribution in [1.29, 1.82) is 0 Å². The van der Waals surface area contributed by atoms with Gasteiger partial charge in [0.1, 0.15) is 0 Å². The minimum absolute atomic E-state index is 0. The van der Waals surface area contributed by atoms with E-state index in [4.69, 9.17) is 9.47 Å². The molecule has 1 aromatic carbocycles. The van der Waals surface area contributed by atoms with Gasteiger partial charge in [0, 0.05) is 33.9 Å². The van der Waals surface area contributed by atoms with Gasteiger partial charge in [0.05, 0.1) is 12.7 Å². The van der Waals surface area contributed by atoms with Crippen molar-refractivity contribution >= 4 is 29.9 Å². The van der Waals surface area contributed by atoms with E-state index in [1.165, 1.54) is 11.1 Å². The lowest BCUT2D eigenvalue weighted by atomic mass is 10.1. The smallest absolute Gasteiger partial charge is 0.191 e. The van der Waals surface area contributed by atoms with Gasteiger partial charge < -0.3 is 20.1 Å². The molecule has 2 N–H and O–H groups in total. The van der Waals surface area contributed by atoms with Crippen molar-refractivity contribution in [2.24, 2.45) is 4.99 Å². The van der Waals surface area contributed by atoms with Crippen molar-refractivity contribution in [3.63, 3.8) is 0 Å². The number of nitrogens with one attached hydrogen (secondary N) is 2. The van der Waals surface area contributed by atoms with Crippen molar-refractivity contribution in [2.45, 2.75) is 39.5 Å². The number of halogens is 1. The molecule has 0 unspecified atom stereocenters. The second-order valence-corrected chi connectivity index (χ2v) is 5.38. The second-order valence-electron chi connectivity index (χ2n) is 5.38. The molecule has 1 rings (SSSR count). The molecule has 6 heteroatoms. The highest BCUT2D eigenvalue weighted by atomic mass is 127. The SMILES string of the molecule is CN=C(NCCCOC)NCc1cccc(COC(C)C)c1.I. The fraction of sp³-hybridized carbons (Fsp3) is 0.588. The molecular formula is C17H30IN3O2. The molecule has 0 aliphatic rings. The van der Waals surface area contributed by atoms with E-state index in [1.807, 2.05) is 13.8 Å². The number of ether oxygens (including phenoxy) is 2. The van der Waals surface area contributed by atoms with Gasteiger partial charge in [-0.15, -0.1) is 24.0 Å². The summed E-state index contributed by atoms with van der Waals surface area (Å²) in [6.07, 6.45) is 1.20. The molecular weight excluding hydrogens is 405 g/mol. The van der Waals surface area contributed by atoms with Gasteiger partial charge >= 0.3 is 0 Å². The number of hydrogen-bond acceptors (Lipinski definition) is 3. The molecule has 0 heterocycles. The maximum absolute atomic E-state index is 5.64. The molecule has 0 amide bonds. The topological polar surface area (TPSA) is 54.9 Å². The zero-order chi connectivity index (χ0) is 16.2. The van der Waals surface area contributed by atoms with Crippen LogP contribution in [0, 0.1) is 0 Å². The highest BCUT2D eigenvalue weighted by Crippen LogP contribution is 2.07. The molecule has 0 atom stereocenters. The maximum atomic E-state index is 5.64. The van der Waals surface area contributed by atoms with Gasteiger partial charge in [-0.2, -0.15) is 0 Å². The summed E-state index contributed by atoms with van der Waals surface area (Å²) in [4.78, 5) is 4.21. The Morgan fingerprint density at radius 3 is 2.61 bits per heavy atom. The predicted octanol–water partition coefficient (Wildman–Crippen LogP) is 2.93. The first-order valence-electron chi connectivity index (χ1n) is 7.78. The molecule has 0 aromatic heterocycles. The normalized spacial score (nSPS) is 11.3. The average molecular weight is 435 g/mol. The van der Waals surface area contributed by atoms with Crippen LogP contribution in [-0.2, 0) is 22.6 Å². The zero-order valence-corrected chi connectivity index (χ0v) is 16.9. The summed E-state index contributed by atoms with van der Waals surface area (Å²) >= 11 is 0. The monoisotopic (exact) mass is 435 g/mol. The fourth-order valence-electron chi connectivity index (χ4n) is 1.92. The van der Waals surface area contributed by atoms with Gasteiger partial charge in [-0.1, -0.05) is 24.3 Å². The Kier molecular flexibility index (Phi) is 13.1. The summed E-state index contributed by atoms with van der Waals surface area (Å²) < 4.78 is 10.7. The minimum Gasteiger partial charge on any atom is -0.385 e. The number of aliphatic imine (C=N–C) groups is 1. The van der Waals surface area contributed by atoms with Gasteiger partial charge in [0.15, 0.2) is 5.96 Å². The number of hydrogen-bond donors (Lipinski definition) is 2. The van der Waals surface area contributed by atoms with E-state index < -0.39 is 0 Å². The van der Waals surface area contributed by atoms with Gasteiger partial charge in [-0.25, -0.2) is 0 Å². The van der Waals surface area contributed by atoms with Crippen molar-refractivity contribution in [3.05, 3.63) is 35.4 Å². The Morgan fingerprint density at radius 2 is 1.96 bits per heavy atom. The maximum Gasteiger partial charge on any atom is 0.191 e. The summed E-state index contributed by atoms with van der Waals surface area (Å²) in [5.41, 5.74) is 2.40. The van der Waals surface area contributed by atoms with Crippen molar-refractivity contribution in [1.82, 2.24) is 10.6 Å². The summed E-state index contributed by atoms with van der Waals surface area (Å²) in [6.45, 7) is 7.07. The van der Waals surface area contributed by atoms with Gasteiger partial charge in [-0.3, -0.25) is 4.99 Å². The van der Waals surface area contributed by atoms with Crippen molar-refractivity contribution < 1.29 is 9.47 Å². The Bertz CT molecular complexity index is 453. The van der Waals surface area contributed by atoms with Crippen LogP contribution in [0.5, 0.6) is 0 Å². The lowest BCUT2D eigenvalue weighted by molar-refractivity contribution is 0.0657. The van der Waals surface area contributed by atoms with Crippen LogP contribution in [0.2, 0.25) is 0 Å². The van der Waals surface area contributed by atoms with Crippen molar-refractivity contribution in [2.75, 3.05) is 27.3 Å². The van der Waals surface area contributed by atoms with Crippen LogP contribution in [0.25, 0.3) is 0 Å². The first-order valence-corrected chi connectivity index (χ1v) is 7.78. The summed E-state index contributed by atoms with van der Waals surface area (Å²) in [6, 6.07) is 8.41. The van der Waals surface area contributed by atoms with Crippen LogP contribution < -0.4 is 10.6 Å². The molecule has 132 valence electrons. The van der Waals surface area contributed by atoms with Crippen LogP contribution in [0.1, 0.15) is 31.4 Å². The Morgan fingerprint density at radius 1 is 1.22 bits per heavy atom. The number of methoxy groups -OCH3 is 1. The highest BCUT2D eigenvalue weighted by molar-refractivity contribution is 14.0. The van der Waals surface area contributed by atoms with Crippen LogP contribution in [0.15, 0.2) is 29.3 Å². The van der Waals surface area contributed by atoms with E-state index >= 15 is 0 Å². The Balaban J connectivity index is 0.00000484. The Hall–Kier alpha value is -0.860. The standard InChI is InChI=1S/C17H29N3O2.HI/c1-14(2)22-13-16-8-5-7-15(11-16)12-20-17(18-3)19-9-6-10-21-4;/h5,7-8,11,14H,6,9-10,12-13H2,1-4H3,(H2,18,19,20);1H. The quantitative estimate of drug-likeness (QED) is 0.271. The molecule has 1 aromatic rings. The van der Waals surface area contributed by atoms with Gasteiger partial charge in [0.25, 0.3) is 0 Å². The van der Waals surface area contributed by atoms with E-state index in [1.54, 1.807) is 14.2 Å². The molecule has 0 radical (unpaired) electrons. The summed E-state index contributed by atoms with van der Waals surface area (Å²) in [7, 11) is 3.49. The molecule has 0 spiro atoms. The lowest BCUT2D eigenvalue weighted by Gasteiger charge is -2.13. The first kappa shape index (κ1) is 22.1. The van der Waals surface area contributed by atoms with Crippen LogP contribution in [0.4, 0.5) is 0 Å². The van der Waals surface area contributed by atoms with Crippen LogP contribution in [-0.4, -0.2) is 39.4 Å². The van der Waals surface area contributed by atoms with E-state index in [9.17, 15) is 0 Å². The van der Waals surface area contributed by atoms with E-state index in [2.05, 4.69) is 39.9 Å². The molecule has 5 nitrogen and oxygen atoms in total. The molecule has 0 bridgehead atoms. The zero-order valence-electron chi connectivity index (χ0n) is 14.6. The summed E-state index contributed by atoms with van der Waals surface area (Å²) in [5.74, 6) is 0.805. The average Bonchev–Trinajstić information content (AvgIpc) is 2.52. The number of nitrogens with zero attached hydrogens (tertiary/aromatic N) is 1.